The second-order valence-electron chi connectivity index (χ2n) is 9.58. The lowest BCUT2D eigenvalue weighted by Gasteiger charge is -2.38. The molecule has 1 heterocycles. The first kappa shape index (κ1) is 22.9. The van der Waals surface area contributed by atoms with Crippen LogP contribution in [0.4, 0.5) is 13.2 Å². The van der Waals surface area contributed by atoms with E-state index in [-0.39, 0.29) is 23.0 Å². The lowest BCUT2D eigenvalue weighted by Crippen LogP contribution is -2.51. The van der Waals surface area contributed by atoms with Crippen LogP contribution in [0.1, 0.15) is 64.0 Å². The molecule has 1 aliphatic carbocycles. The van der Waals surface area contributed by atoms with Crippen LogP contribution in [0.2, 0.25) is 0 Å². The molecule has 0 bridgehead atoms. The summed E-state index contributed by atoms with van der Waals surface area (Å²) in [7, 11) is 0. The number of rotatable bonds is 4. The van der Waals surface area contributed by atoms with Gasteiger partial charge in [0.1, 0.15) is 11.7 Å². The van der Waals surface area contributed by atoms with Crippen LogP contribution in [-0.4, -0.2) is 38.6 Å². The van der Waals surface area contributed by atoms with E-state index in [1.54, 1.807) is 0 Å². The molecular formula is C22H30F3N3O2. The van der Waals surface area contributed by atoms with E-state index < -0.39 is 29.5 Å². The predicted molar refractivity (Wildman–Crippen MR) is 109 cm³/mol. The van der Waals surface area contributed by atoms with E-state index >= 15 is 0 Å². The fourth-order valence-corrected chi connectivity index (χ4v) is 4.44. The fourth-order valence-electron chi connectivity index (χ4n) is 4.44. The van der Waals surface area contributed by atoms with Gasteiger partial charge in [-0.1, -0.05) is 33.8 Å². The number of aromatic nitrogens is 2. The highest BCUT2D eigenvalue weighted by molar-refractivity contribution is 5.82. The molecule has 30 heavy (non-hydrogen) atoms. The average Bonchev–Trinajstić information content (AvgIpc) is 2.64. The summed E-state index contributed by atoms with van der Waals surface area (Å²) in [4.78, 5) is 8.20. The zero-order valence-electron chi connectivity index (χ0n) is 17.7. The Bertz CT molecular complexity index is 882. The average molecular weight is 425 g/mol. The Labute approximate surface area is 174 Å². The summed E-state index contributed by atoms with van der Waals surface area (Å²) in [6, 6.07) is 2.53. The van der Waals surface area contributed by atoms with Crippen LogP contribution in [0.15, 0.2) is 24.5 Å². The quantitative estimate of drug-likeness (QED) is 0.639. The molecule has 0 radical (unpaired) electrons. The van der Waals surface area contributed by atoms with Gasteiger partial charge in [-0.05, 0) is 48.1 Å². The summed E-state index contributed by atoms with van der Waals surface area (Å²) in [5, 5.41) is 23.9. The molecule has 1 fully saturated rings. The summed E-state index contributed by atoms with van der Waals surface area (Å²) >= 11 is 0. The van der Waals surface area contributed by atoms with E-state index in [4.69, 9.17) is 0 Å². The largest absolute Gasteiger partial charge is 0.418 e. The van der Waals surface area contributed by atoms with Crippen molar-refractivity contribution in [2.24, 2.45) is 11.3 Å². The Kier molecular flexibility index (Phi) is 6.41. The molecule has 0 amide bonds. The Morgan fingerprint density at radius 3 is 2.23 bits per heavy atom. The zero-order chi connectivity index (χ0) is 22.3. The van der Waals surface area contributed by atoms with Gasteiger partial charge in [0.2, 0.25) is 0 Å². The van der Waals surface area contributed by atoms with Crippen LogP contribution in [-0.2, 0) is 6.18 Å². The second kappa shape index (κ2) is 8.40. The Hall–Kier alpha value is -1.77. The number of fused-ring (bicyclic) bond motifs is 1. The van der Waals surface area contributed by atoms with Crippen LogP contribution >= 0.6 is 0 Å². The van der Waals surface area contributed by atoms with Crippen LogP contribution in [0, 0.1) is 11.3 Å². The molecule has 1 unspecified atom stereocenters. The number of hydrogen-bond acceptors (Lipinski definition) is 5. The highest BCUT2D eigenvalue weighted by Gasteiger charge is 2.37. The van der Waals surface area contributed by atoms with Gasteiger partial charge in [0.25, 0.3) is 0 Å². The highest BCUT2D eigenvalue weighted by atomic mass is 19.4. The maximum Gasteiger partial charge on any atom is 0.418 e. The van der Waals surface area contributed by atoms with Crippen molar-refractivity contribution in [2.75, 3.05) is 0 Å². The van der Waals surface area contributed by atoms with Crippen molar-refractivity contribution in [3.63, 3.8) is 0 Å². The van der Waals surface area contributed by atoms with E-state index in [2.05, 4.69) is 22.2 Å². The number of hydrogen-bond donors (Lipinski definition) is 3. The zero-order valence-corrected chi connectivity index (χ0v) is 17.7. The summed E-state index contributed by atoms with van der Waals surface area (Å²) in [5.74, 6) is 0.279. The molecule has 0 saturated heterocycles. The normalized spacial score (nSPS) is 25.3. The lowest BCUT2D eigenvalue weighted by molar-refractivity contribution is -0.136. The van der Waals surface area contributed by atoms with E-state index in [0.717, 1.165) is 24.5 Å². The Morgan fingerprint density at radius 2 is 1.63 bits per heavy atom. The molecule has 1 aliphatic rings. The molecule has 3 rings (SSSR count). The summed E-state index contributed by atoms with van der Waals surface area (Å²) in [6.45, 7) is 7.64. The molecule has 1 aromatic heterocycles. The van der Waals surface area contributed by atoms with Crippen LogP contribution < -0.4 is 5.32 Å². The number of aliphatic hydroxyl groups excluding tert-OH is 2. The highest BCUT2D eigenvalue weighted by Crippen LogP contribution is 2.41. The molecule has 8 heteroatoms. The van der Waals surface area contributed by atoms with Crippen molar-refractivity contribution in [2.45, 2.75) is 77.4 Å². The maximum absolute atomic E-state index is 13.4. The van der Waals surface area contributed by atoms with Gasteiger partial charge in [0, 0.05) is 18.4 Å². The van der Waals surface area contributed by atoms with Crippen LogP contribution in [0.25, 0.3) is 11.0 Å². The van der Waals surface area contributed by atoms with Crippen molar-refractivity contribution in [1.82, 2.24) is 15.3 Å². The van der Waals surface area contributed by atoms with Gasteiger partial charge in [-0.25, -0.2) is 0 Å². The molecule has 1 saturated carbocycles. The van der Waals surface area contributed by atoms with Gasteiger partial charge in [-0.15, -0.1) is 0 Å². The fraction of sp³-hybridized carbons (Fsp3) is 0.636. The number of benzene rings is 1. The SMILES string of the molecule is C[C@@H]1C[C@H](NC(O)[C@@H](O)C(C)(C)C)C[C@H](c2ccc(C(F)(F)F)c3nccnc23)C1. The monoisotopic (exact) mass is 425 g/mol. The molecule has 3 N–H and O–H groups in total. The number of alkyl halides is 3. The van der Waals surface area contributed by atoms with Gasteiger partial charge in [-0.2, -0.15) is 13.2 Å². The molecule has 5 atom stereocenters. The first-order valence-corrected chi connectivity index (χ1v) is 10.3. The van der Waals surface area contributed by atoms with Gasteiger partial charge in [0.15, 0.2) is 0 Å². The van der Waals surface area contributed by atoms with Crippen molar-refractivity contribution < 1.29 is 23.4 Å². The van der Waals surface area contributed by atoms with Crippen molar-refractivity contribution in [1.29, 1.82) is 0 Å². The minimum atomic E-state index is -4.50. The third-order valence-corrected chi connectivity index (χ3v) is 5.94. The van der Waals surface area contributed by atoms with Gasteiger partial charge in [0.05, 0.1) is 17.2 Å². The number of halogens is 3. The Morgan fingerprint density at radius 1 is 1.00 bits per heavy atom. The van der Waals surface area contributed by atoms with Gasteiger partial charge in [-0.3, -0.25) is 15.3 Å². The second-order valence-corrected chi connectivity index (χ2v) is 9.58. The van der Waals surface area contributed by atoms with Gasteiger partial charge >= 0.3 is 6.18 Å². The van der Waals surface area contributed by atoms with Crippen molar-refractivity contribution >= 4 is 11.0 Å². The number of nitrogens with zero attached hydrogens (tertiary/aromatic N) is 2. The third kappa shape index (κ3) is 4.92. The third-order valence-electron chi connectivity index (χ3n) is 5.94. The van der Waals surface area contributed by atoms with Crippen LogP contribution in [0.5, 0.6) is 0 Å². The number of nitrogens with one attached hydrogen (secondary N) is 1. The minimum Gasteiger partial charge on any atom is -0.388 e. The van der Waals surface area contributed by atoms with Crippen molar-refractivity contribution in [3.8, 4) is 0 Å². The van der Waals surface area contributed by atoms with Crippen LogP contribution in [0.3, 0.4) is 0 Å². The molecular weight excluding hydrogens is 395 g/mol. The lowest BCUT2D eigenvalue weighted by atomic mass is 9.75. The van der Waals surface area contributed by atoms with E-state index in [1.165, 1.54) is 18.5 Å². The van der Waals surface area contributed by atoms with E-state index in [0.29, 0.717) is 12.3 Å². The maximum atomic E-state index is 13.4. The van der Waals surface area contributed by atoms with E-state index in [9.17, 15) is 23.4 Å². The topological polar surface area (TPSA) is 78.3 Å². The molecule has 0 aliphatic heterocycles. The molecule has 1 aromatic carbocycles. The first-order chi connectivity index (χ1) is 13.9. The predicted octanol–water partition coefficient (Wildman–Crippen LogP) is 4.24. The summed E-state index contributed by atoms with van der Waals surface area (Å²) in [5.41, 5.74) is -0.369. The summed E-state index contributed by atoms with van der Waals surface area (Å²) < 4.78 is 40.2. The molecule has 5 nitrogen and oxygen atoms in total. The first-order valence-electron chi connectivity index (χ1n) is 10.3. The molecule has 166 valence electrons. The van der Waals surface area contributed by atoms with Gasteiger partial charge < -0.3 is 10.2 Å². The van der Waals surface area contributed by atoms with E-state index in [1.807, 2.05) is 20.8 Å². The molecule has 0 spiro atoms. The Balaban J connectivity index is 1.88. The minimum absolute atomic E-state index is 0.0216. The smallest absolute Gasteiger partial charge is 0.388 e. The standard InChI is InChI=1S/C22H30F3N3O2/c1-12-9-13(11-14(10-12)28-20(30)19(29)21(2,3)4)15-5-6-16(22(23,24)25)18-17(15)26-7-8-27-18/h5-8,12-14,19-20,28-30H,9-11H2,1-4H3/t12-,13+,14-,19+,20?/m0/s1. The van der Waals surface area contributed by atoms with Crippen molar-refractivity contribution in [3.05, 3.63) is 35.7 Å². The number of aliphatic hydroxyl groups is 2. The summed E-state index contributed by atoms with van der Waals surface area (Å²) in [6.07, 6.45) is -1.56. The molecule has 2 aromatic rings.